The lowest BCUT2D eigenvalue weighted by atomic mass is 10.0. The van der Waals surface area contributed by atoms with Crippen molar-refractivity contribution in [1.29, 1.82) is 0 Å². The predicted molar refractivity (Wildman–Crippen MR) is 321 cm³/mol. The molecule has 0 rings (SSSR count). The molecule has 1 atom stereocenters. The number of carbonyl (C=O) groups excluding carboxylic acids is 3. The van der Waals surface area contributed by atoms with Crippen LogP contribution in [0.15, 0.2) is 0 Å². The van der Waals surface area contributed by atoms with E-state index in [2.05, 4.69) is 34.6 Å². The van der Waals surface area contributed by atoms with E-state index in [1.54, 1.807) is 0 Å². The fourth-order valence-corrected chi connectivity index (χ4v) is 10.6. The molecule has 0 aromatic rings. The van der Waals surface area contributed by atoms with Gasteiger partial charge in [-0.05, 0) is 31.1 Å². The molecule has 0 aliphatic rings. The Morgan fingerprint density at radius 2 is 0.446 bits per heavy atom. The van der Waals surface area contributed by atoms with E-state index in [1.807, 2.05) is 0 Å². The Morgan fingerprint density at radius 3 is 0.662 bits per heavy atom. The van der Waals surface area contributed by atoms with Crippen molar-refractivity contribution in [3.8, 4) is 0 Å². The summed E-state index contributed by atoms with van der Waals surface area (Å²) in [6.07, 6.45) is 68.3. The predicted octanol–water partition coefficient (Wildman–Crippen LogP) is 22.8. The van der Waals surface area contributed by atoms with Crippen LogP contribution in [0.4, 0.5) is 0 Å². The van der Waals surface area contributed by atoms with E-state index >= 15 is 0 Å². The van der Waals surface area contributed by atoms with Gasteiger partial charge in [0, 0.05) is 19.3 Å². The minimum Gasteiger partial charge on any atom is -0.462 e. The van der Waals surface area contributed by atoms with E-state index in [4.69, 9.17) is 14.2 Å². The lowest BCUT2D eigenvalue weighted by molar-refractivity contribution is -0.167. The molecule has 0 amide bonds. The number of esters is 3. The molecule has 6 heteroatoms. The van der Waals surface area contributed by atoms with Gasteiger partial charge in [-0.2, -0.15) is 0 Å². The topological polar surface area (TPSA) is 78.9 Å². The van der Waals surface area contributed by atoms with Crippen LogP contribution in [0.25, 0.3) is 0 Å². The maximum absolute atomic E-state index is 12.9. The first-order valence-corrected chi connectivity index (χ1v) is 33.7. The minimum absolute atomic E-state index is 0.0614. The van der Waals surface area contributed by atoms with Crippen LogP contribution in [0, 0.1) is 11.8 Å². The van der Waals surface area contributed by atoms with E-state index in [1.165, 1.54) is 276 Å². The Balaban J connectivity index is 4.28. The molecule has 6 nitrogen and oxygen atoms in total. The number of ether oxygens (including phenoxy) is 3. The molecule has 0 radical (unpaired) electrons. The van der Waals surface area contributed by atoms with Crippen molar-refractivity contribution in [1.82, 2.24) is 0 Å². The zero-order valence-corrected chi connectivity index (χ0v) is 51.0. The number of carbonyl (C=O) groups is 3. The Hall–Kier alpha value is -1.59. The van der Waals surface area contributed by atoms with Crippen LogP contribution in [0.2, 0.25) is 0 Å². The zero-order chi connectivity index (χ0) is 53.9. The van der Waals surface area contributed by atoms with Crippen molar-refractivity contribution in [3.05, 3.63) is 0 Å². The van der Waals surface area contributed by atoms with Crippen molar-refractivity contribution < 1.29 is 28.6 Å². The van der Waals surface area contributed by atoms with E-state index in [-0.39, 0.29) is 31.1 Å². The Labute approximate surface area is 463 Å². The number of hydrogen-bond acceptors (Lipinski definition) is 6. The molecule has 0 fully saturated rings. The summed E-state index contributed by atoms with van der Waals surface area (Å²) in [7, 11) is 0. The molecule has 74 heavy (non-hydrogen) atoms. The molecule has 0 aromatic heterocycles. The van der Waals surface area contributed by atoms with Gasteiger partial charge in [0.15, 0.2) is 6.10 Å². The largest absolute Gasteiger partial charge is 0.462 e. The third kappa shape index (κ3) is 61.3. The second kappa shape index (κ2) is 60.6. The molecular weight excluding hydrogens is 913 g/mol. The van der Waals surface area contributed by atoms with Crippen LogP contribution < -0.4 is 0 Å². The summed E-state index contributed by atoms with van der Waals surface area (Å²) in [5, 5.41) is 0. The van der Waals surface area contributed by atoms with Crippen LogP contribution in [0.1, 0.15) is 388 Å². The Bertz CT molecular complexity index is 1140. The molecule has 0 aromatic carbocycles. The van der Waals surface area contributed by atoms with Gasteiger partial charge in [0.2, 0.25) is 0 Å². The molecule has 0 aliphatic carbocycles. The molecule has 0 saturated heterocycles. The average Bonchev–Trinajstić information content (AvgIpc) is 3.38. The molecule has 0 aliphatic heterocycles. The Morgan fingerprint density at radius 1 is 0.257 bits per heavy atom. The molecule has 0 spiro atoms. The standard InChI is InChI=1S/C68H132O6/c1-6-7-8-9-10-11-12-13-14-15-19-22-28-33-38-43-48-53-58-66(69)72-61-65(62-73-67(70)59-54-49-44-39-34-29-25-24-27-32-37-42-47-52-57-64(4)5)74-68(71)60-55-50-45-40-35-30-23-20-17-16-18-21-26-31-36-41-46-51-56-63(2)3/h63-65H,6-62H2,1-5H3/t65-/m1/s1. The fraction of sp³-hybridized carbons (Fsp3) is 0.956. The number of rotatable bonds is 62. The second-order valence-electron chi connectivity index (χ2n) is 24.4. The van der Waals surface area contributed by atoms with Gasteiger partial charge in [0.1, 0.15) is 13.2 Å². The van der Waals surface area contributed by atoms with Crippen LogP contribution in [0.5, 0.6) is 0 Å². The van der Waals surface area contributed by atoms with Gasteiger partial charge in [-0.3, -0.25) is 14.4 Å². The zero-order valence-electron chi connectivity index (χ0n) is 51.0. The number of hydrogen-bond donors (Lipinski definition) is 0. The van der Waals surface area contributed by atoms with Crippen molar-refractivity contribution in [2.45, 2.75) is 394 Å². The van der Waals surface area contributed by atoms with E-state index in [0.717, 1.165) is 69.6 Å². The average molecular weight is 1050 g/mol. The SMILES string of the molecule is CCCCCCCCCCCCCCCCCCCCC(=O)OC[C@H](COC(=O)CCCCCCCCCCCCCCCCC(C)C)OC(=O)CCCCCCCCCCCCCCCCCCCCC(C)C. The summed E-state index contributed by atoms with van der Waals surface area (Å²) in [5.74, 6) is 0.876. The maximum Gasteiger partial charge on any atom is 0.306 e. The molecular formula is C68H132O6. The van der Waals surface area contributed by atoms with Crippen molar-refractivity contribution in [2.24, 2.45) is 11.8 Å². The third-order valence-corrected chi connectivity index (χ3v) is 15.7. The van der Waals surface area contributed by atoms with Gasteiger partial charge in [0.05, 0.1) is 0 Å². The fourth-order valence-electron chi connectivity index (χ4n) is 10.6. The molecule has 0 N–H and O–H groups in total. The van der Waals surface area contributed by atoms with Gasteiger partial charge in [-0.25, -0.2) is 0 Å². The van der Waals surface area contributed by atoms with Gasteiger partial charge in [-0.1, -0.05) is 349 Å². The highest BCUT2D eigenvalue weighted by atomic mass is 16.6. The van der Waals surface area contributed by atoms with Crippen LogP contribution >= 0.6 is 0 Å². The van der Waals surface area contributed by atoms with Gasteiger partial charge in [-0.15, -0.1) is 0 Å². The minimum atomic E-state index is -0.764. The first kappa shape index (κ1) is 72.4. The van der Waals surface area contributed by atoms with Crippen molar-refractivity contribution >= 4 is 17.9 Å². The first-order chi connectivity index (χ1) is 36.2. The van der Waals surface area contributed by atoms with Crippen LogP contribution in [0.3, 0.4) is 0 Å². The van der Waals surface area contributed by atoms with E-state index in [0.29, 0.717) is 19.3 Å². The highest BCUT2D eigenvalue weighted by Gasteiger charge is 2.19. The third-order valence-electron chi connectivity index (χ3n) is 15.7. The summed E-state index contributed by atoms with van der Waals surface area (Å²) >= 11 is 0. The van der Waals surface area contributed by atoms with Gasteiger partial charge >= 0.3 is 17.9 Å². The highest BCUT2D eigenvalue weighted by Crippen LogP contribution is 2.19. The molecule has 0 heterocycles. The quantitative estimate of drug-likeness (QED) is 0.0343. The summed E-state index contributed by atoms with van der Waals surface area (Å²) in [4.78, 5) is 38.4. The van der Waals surface area contributed by atoms with Crippen molar-refractivity contribution in [3.63, 3.8) is 0 Å². The molecule has 0 saturated carbocycles. The summed E-state index contributed by atoms with van der Waals surface area (Å²) < 4.78 is 17.0. The lowest BCUT2D eigenvalue weighted by Gasteiger charge is -2.18. The van der Waals surface area contributed by atoms with Crippen LogP contribution in [-0.4, -0.2) is 37.2 Å². The summed E-state index contributed by atoms with van der Waals surface area (Å²) in [6.45, 7) is 11.5. The number of unbranched alkanes of at least 4 members (excludes halogenated alkanes) is 47. The maximum atomic E-state index is 12.9. The van der Waals surface area contributed by atoms with Gasteiger partial charge in [0.25, 0.3) is 0 Å². The normalized spacial score (nSPS) is 12.0. The second-order valence-corrected chi connectivity index (χ2v) is 24.4. The summed E-state index contributed by atoms with van der Waals surface area (Å²) in [6, 6.07) is 0. The summed E-state index contributed by atoms with van der Waals surface area (Å²) in [5.41, 5.74) is 0. The first-order valence-electron chi connectivity index (χ1n) is 33.7. The van der Waals surface area contributed by atoms with Gasteiger partial charge < -0.3 is 14.2 Å². The highest BCUT2D eigenvalue weighted by molar-refractivity contribution is 5.71. The van der Waals surface area contributed by atoms with Crippen molar-refractivity contribution in [2.75, 3.05) is 13.2 Å². The molecule has 0 bridgehead atoms. The molecule has 0 unspecified atom stereocenters. The Kier molecular flexibility index (Phi) is 59.3. The smallest absolute Gasteiger partial charge is 0.306 e. The lowest BCUT2D eigenvalue weighted by Crippen LogP contribution is -2.30. The monoisotopic (exact) mass is 1050 g/mol. The molecule has 440 valence electrons. The van der Waals surface area contributed by atoms with Crippen LogP contribution in [-0.2, 0) is 28.6 Å². The van der Waals surface area contributed by atoms with E-state index < -0.39 is 6.10 Å². The van der Waals surface area contributed by atoms with E-state index in [9.17, 15) is 14.4 Å².